The van der Waals surface area contributed by atoms with Gasteiger partial charge in [0.15, 0.2) is 5.96 Å². The Labute approximate surface area is 133 Å². The highest BCUT2D eigenvalue weighted by atomic mass is 19.4. The van der Waals surface area contributed by atoms with Crippen LogP contribution in [0.3, 0.4) is 0 Å². The fourth-order valence-corrected chi connectivity index (χ4v) is 2.03. The van der Waals surface area contributed by atoms with Crippen molar-refractivity contribution in [3.63, 3.8) is 0 Å². The van der Waals surface area contributed by atoms with Gasteiger partial charge in [0, 0.05) is 5.69 Å². The first-order valence-corrected chi connectivity index (χ1v) is 7.20. The quantitative estimate of drug-likeness (QED) is 0.655. The van der Waals surface area contributed by atoms with E-state index < -0.39 is 11.7 Å². The summed E-state index contributed by atoms with van der Waals surface area (Å²) >= 11 is 0. The van der Waals surface area contributed by atoms with E-state index in [1.165, 1.54) is 11.6 Å². The standard InChI is InChI=1S/C17H18F3N3/c1-2-12-6-8-15(9-7-12)23-16(21)22-11-13-4-3-5-14(10-13)17(18,19)20/h3-10H,2,11H2,1H3,(H3,21,22,23). The molecule has 2 aromatic carbocycles. The van der Waals surface area contributed by atoms with Crippen LogP contribution in [0.25, 0.3) is 0 Å². The van der Waals surface area contributed by atoms with Crippen LogP contribution in [0.5, 0.6) is 0 Å². The second-order valence-corrected chi connectivity index (χ2v) is 5.08. The van der Waals surface area contributed by atoms with Gasteiger partial charge in [-0.2, -0.15) is 13.2 Å². The van der Waals surface area contributed by atoms with Crippen molar-refractivity contribution < 1.29 is 13.2 Å². The van der Waals surface area contributed by atoms with E-state index in [-0.39, 0.29) is 12.5 Å². The van der Waals surface area contributed by atoms with Gasteiger partial charge in [-0.15, -0.1) is 0 Å². The van der Waals surface area contributed by atoms with Crippen molar-refractivity contribution in [1.29, 1.82) is 0 Å². The van der Waals surface area contributed by atoms with Crippen LogP contribution in [-0.4, -0.2) is 5.96 Å². The second kappa shape index (κ2) is 7.17. The number of hydrogen-bond donors (Lipinski definition) is 2. The van der Waals surface area contributed by atoms with E-state index in [0.717, 1.165) is 24.2 Å². The molecule has 0 atom stereocenters. The number of anilines is 1. The summed E-state index contributed by atoms with van der Waals surface area (Å²) < 4.78 is 37.9. The second-order valence-electron chi connectivity index (χ2n) is 5.08. The van der Waals surface area contributed by atoms with Crippen molar-refractivity contribution in [3.05, 3.63) is 65.2 Å². The van der Waals surface area contributed by atoms with Crippen molar-refractivity contribution in [1.82, 2.24) is 0 Å². The lowest BCUT2D eigenvalue weighted by Crippen LogP contribution is -2.22. The molecule has 0 aliphatic carbocycles. The number of halogens is 3. The molecule has 0 heterocycles. The van der Waals surface area contributed by atoms with Crippen LogP contribution in [-0.2, 0) is 19.1 Å². The van der Waals surface area contributed by atoms with Crippen LogP contribution < -0.4 is 11.1 Å². The molecule has 0 aromatic heterocycles. The van der Waals surface area contributed by atoms with E-state index in [2.05, 4.69) is 17.2 Å². The predicted octanol–water partition coefficient (Wildman–Crippen LogP) is 4.19. The summed E-state index contributed by atoms with van der Waals surface area (Å²) in [6.07, 6.45) is -3.41. The normalized spacial score (nSPS) is 12.3. The van der Waals surface area contributed by atoms with Gasteiger partial charge in [-0.25, -0.2) is 4.99 Å². The summed E-state index contributed by atoms with van der Waals surface area (Å²) in [7, 11) is 0. The molecule has 0 fully saturated rings. The van der Waals surface area contributed by atoms with Crippen LogP contribution in [0.2, 0.25) is 0 Å². The maximum absolute atomic E-state index is 12.6. The Morgan fingerprint density at radius 3 is 2.39 bits per heavy atom. The Morgan fingerprint density at radius 2 is 1.78 bits per heavy atom. The Hall–Kier alpha value is -2.50. The van der Waals surface area contributed by atoms with Crippen LogP contribution in [0.1, 0.15) is 23.6 Å². The summed E-state index contributed by atoms with van der Waals surface area (Å²) in [4.78, 5) is 4.07. The van der Waals surface area contributed by atoms with Crippen LogP contribution >= 0.6 is 0 Å². The van der Waals surface area contributed by atoms with Gasteiger partial charge in [-0.1, -0.05) is 31.2 Å². The SMILES string of the molecule is CCc1ccc(NC(N)=NCc2cccc(C(F)(F)F)c2)cc1. The monoisotopic (exact) mass is 321 g/mol. The molecule has 0 aliphatic rings. The fourth-order valence-electron chi connectivity index (χ4n) is 2.03. The first kappa shape index (κ1) is 16.9. The number of nitrogens with two attached hydrogens (primary N) is 1. The number of benzene rings is 2. The van der Waals surface area contributed by atoms with Crippen molar-refractivity contribution in [3.8, 4) is 0 Å². The van der Waals surface area contributed by atoms with E-state index >= 15 is 0 Å². The molecule has 2 aromatic rings. The van der Waals surface area contributed by atoms with Gasteiger partial charge in [-0.05, 0) is 41.8 Å². The average Bonchev–Trinajstić information content (AvgIpc) is 2.53. The minimum atomic E-state index is -4.36. The summed E-state index contributed by atoms with van der Waals surface area (Å²) in [6, 6.07) is 12.8. The highest BCUT2D eigenvalue weighted by Gasteiger charge is 2.30. The van der Waals surface area contributed by atoms with Gasteiger partial charge in [-0.3, -0.25) is 0 Å². The largest absolute Gasteiger partial charge is 0.416 e. The fraction of sp³-hybridized carbons (Fsp3) is 0.235. The lowest BCUT2D eigenvalue weighted by atomic mass is 10.1. The van der Waals surface area contributed by atoms with Crippen LogP contribution in [0.4, 0.5) is 18.9 Å². The third-order valence-electron chi connectivity index (χ3n) is 3.32. The third kappa shape index (κ3) is 5.02. The number of hydrogen-bond acceptors (Lipinski definition) is 1. The predicted molar refractivity (Wildman–Crippen MR) is 86.2 cm³/mol. The van der Waals surface area contributed by atoms with Gasteiger partial charge < -0.3 is 11.1 Å². The number of nitrogens with one attached hydrogen (secondary N) is 1. The summed E-state index contributed by atoms with van der Waals surface area (Å²) in [5.74, 6) is 0.159. The Bertz CT molecular complexity index is 676. The lowest BCUT2D eigenvalue weighted by Gasteiger charge is -2.08. The molecule has 6 heteroatoms. The highest BCUT2D eigenvalue weighted by Crippen LogP contribution is 2.29. The zero-order valence-corrected chi connectivity index (χ0v) is 12.7. The minimum absolute atomic E-state index is 0.0792. The number of guanidine groups is 1. The van der Waals surface area contributed by atoms with Crippen molar-refractivity contribution in [2.45, 2.75) is 26.1 Å². The van der Waals surface area contributed by atoms with E-state index in [1.54, 1.807) is 6.07 Å². The smallest absolute Gasteiger partial charge is 0.370 e. The zero-order chi connectivity index (χ0) is 16.9. The van der Waals surface area contributed by atoms with E-state index in [9.17, 15) is 13.2 Å². The minimum Gasteiger partial charge on any atom is -0.370 e. The summed E-state index contributed by atoms with van der Waals surface area (Å²) in [6.45, 7) is 2.14. The first-order chi connectivity index (χ1) is 10.9. The number of alkyl halides is 3. The van der Waals surface area contributed by atoms with E-state index in [4.69, 9.17) is 5.73 Å². The first-order valence-electron chi connectivity index (χ1n) is 7.20. The summed E-state index contributed by atoms with van der Waals surface area (Å²) in [5, 5.41) is 2.91. The Balaban J connectivity index is 2.01. The van der Waals surface area contributed by atoms with Crippen molar-refractivity contribution >= 4 is 11.6 Å². The molecule has 0 amide bonds. The zero-order valence-electron chi connectivity index (χ0n) is 12.7. The molecule has 0 radical (unpaired) electrons. The topological polar surface area (TPSA) is 50.4 Å². The molecule has 23 heavy (non-hydrogen) atoms. The molecule has 0 saturated carbocycles. The summed E-state index contributed by atoms with van der Waals surface area (Å²) in [5.41, 5.74) is 7.51. The molecule has 0 saturated heterocycles. The highest BCUT2D eigenvalue weighted by molar-refractivity contribution is 5.92. The maximum Gasteiger partial charge on any atom is 0.416 e. The molecule has 0 aliphatic heterocycles. The number of aryl methyl sites for hydroxylation is 1. The van der Waals surface area contributed by atoms with E-state index in [0.29, 0.717) is 5.56 Å². The van der Waals surface area contributed by atoms with Gasteiger partial charge in [0.05, 0.1) is 12.1 Å². The maximum atomic E-state index is 12.6. The Morgan fingerprint density at radius 1 is 1.09 bits per heavy atom. The van der Waals surface area contributed by atoms with Gasteiger partial charge >= 0.3 is 6.18 Å². The molecule has 0 unspecified atom stereocenters. The van der Waals surface area contributed by atoms with Crippen LogP contribution in [0, 0.1) is 0 Å². The number of aliphatic imine (C=N–C) groups is 1. The molecule has 0 spiro atoms. The number of nitrogens with zero attached hydrogens (tertiary/aromatic N) is 1. The molecular weight excluding hydrogens is 303 g/mol. The third-order valence-corrected chi connectivity index (χ3v) is 3.32. The van der Waals surface area contributed by atoms with Gasteiger partial charge in [0.25, 0.3) is 0 Å². The molecule has 3 N–H and O–H groups in total. The molecule has 2 rings (SSSR count). The average molecular weight is 321 g/mol. The van der Waals surface area contributed by atoms with Crippen molar-refractivity contribution in [2.75, 3.05) is 5.32 Å². The Kier molecular flexibility index (Phi) is 5.26. The molecule has 3 nitrogen and oxygen atoms in total. The van der Waals surface area contributed by atoms with Crippen LogP contribution in [0.15, 0.2) is 53.5 Å². The number of rotatable bonds is 4. The van der Waals surface area contributed by atoms with E-state index in [1.807, 2.05) is 24.3 Å². The molecule has 0 bridgehead atoms. The molecule has 122 valence electrons. The van der Waals surface area contributed by atoms with Crippen molar-refractivity contribution in [2.24, 2.45) is 10.7 Å². The molecular formula is C17H18F3N3. The van der Waals surface area contributed by atoms with Gasteiger partial charge in [0.2, 0.25) is 0 Å². The lowest BCUT2D eigenvalue weighted by molar-refractivity contribution is -0.137. The van der Waals surface area contributed by atoms with Gasteiger partial charge in [0.1, 0.15) is 0 Å².